The molecule has 0 fully saturated rings. The van der Waals surface area contributed by atoms with Crippen molar-refractivity contribution < 1.29 is 4.42 Å². The number of allylic oxidation sites excluding steroid dienone is 4. The quantitative estimate of drug-likeness (QED) is 0.223. The molecular weight excluding hydrogens is 478 g/mol. The molecule has 7 aromatic rings. The van der Waals surface area contributed by atoms with Gasteiger partial charge < -0.3 is 8.98 Å². The number of benzene rings is 4. The Morgan fingerprint density at radius 2 is 1.62 bits per heavy atom. The van der Waals surface area contributed by atoms with Crippen molar-refractivity contribution in [3.8, 4) is 11.1 Å². The minimum absolute atomic E-state index is 0.0820. The van der Waals surface area contributed by atoms with E-state index in [-0.39, 0.29) is 6.04 Å². The lowest BCUT2D eigenvalue weighted by molar-refractivity contribution is 0.669. The average Bonchev–Trinajstić information content (AvgIpc) is 3.55. The summed E-state index contributed by atoms with van der Waals surface area (Å²) in [5.41, 5.74) is 10.2. The van der Waals surface area contributed by atoms with Gasteiger partial charge in [0.15, 0.2) is 0 Å². The van der Waals surface area contributed by atoms with E-state index >= 15 is 0 Å². The lowest BCUT2D eigenvalue weighted by Gasteiger charge is -2.24. The number of aromatic nitrogens is 2. The molecule has 4 heterocycles. The van der Waals surface area contributed by atoms with Gasteiger partial charge in [0.2, 0.25) is 17.1 Å². The molecule has 2 aliphatic rings. The SMILES string of the molecule is C1=CC2=[N+](c3ccc(-c4cccnc4)cc3)c3cccc4c5c6c(ccc5n(c34)C2C=C1)oc1ccccc16. The first kappa shape index (κ1) is 20.8. The van der Waals surface area contributed by atoms with Crippen LogP contribution in [0.2, 0.25) is 0 Å². The molecule has 182 valence electrons. The van der Waals surface area contributed by atoms with E-state index in [0.717, 1.165) is 33.4 Å². The number of nitrogens with zero attached hydrogens (tertiary/aromatic N) is 3. The van der Waals surface area contributed by atoms with Crippen LogP contribution in [0.4, 0.5) is 11.4 Å². The number of rotatable bonds is 2. The van der Waals surface area contributed by atoms with Crippen molar-refractivity contribution in [1.82, 2.24) is 14.1 Å². The molecule has 1 atom stereocenters. The minimum Gasteiger partial charge on any atom is -0.456 e. The number of fused-ring (bicyclic) bond motifs is 9. The van der Waals surface area contributed by atoms with Crippen LogP contribution in [0.5, 0.6) is 0 Å². The molecular formula is C35H22N3O+. The second kappa shape index (κ2) is 7.65. The van der Waals surface area contributed by atoms with Crippen molar-refractivity contribution in [2.24, 2.45) is 0 Å². The summed E-state index contributed by atoms with van der Waals surface area (Å²) in [5.74, 6) is 0. The van der Waals surface area contributed by atoms with Gasteiger partial charge in [-0.1, -0.05) is 54.6 Å². The topological polar surface area (TPSA) is 34.0 Å². The number of hydrogen-bond donors (Lipinski definition) is 0. The van der Waals surface area contributed by atoms with Gasteiger partial charge in [0.25, 0.3) is 0 Å². The Hall–Kier alpha value is -5.22. The fraction of sp³-hybridized carbons (Fsp3) is 0.0286. The molecule has 0 bridgehead atoms. The van der Waals surface area contributed by atoms with E-state index in [1.807, 2.05) is 24.5 Å². The van der Waals surface area contributed by atoms with Gasteiger partial charge in [-0.2, -0.15) is 4.58 Å². The molecule has 0 amide bonds. The summed E-state index contributed by atoms with van der Waals surface area (Å²) in [4.78, 5) is 4.29. The third kappa shape index (κ3) is 2.78. The molecule has 0 N–H and O–H groups in total. The smallest absolute Gasteiger partial charge is 0.235 e. The van der Waals surface area contributed by atoms with Gasteiger partial charge in [-0.3, -0.25) is 4.98 Å². The standard InChI is InChI=1S/C35H22N3O/c1-4-13-31-25(8-1)34-32(39-31)19-18-29-33(34)26-9-5-12-30-35(26)38(29)28-11-3-2-10-27(28)37(30)24-16-14-22(15-17-24)23-7-6-20-36-21-23/h1-21,28H/q+1. The minimum atomic E-state index is 0.0820. The van der Waals surface area contributed by atoms with Gasteiger partial charge in [0, 0.05) is 58.2 Å². The summed E-state index contributed by atoms with van der Waals surface area (Å²) < 4.78 is 11.2. The zero-order chi connectivity index (χ0) is 25.5. The third-order valence-electron chi connectivity index (χ3n) is 8.18. The van der Waals surface area contributed by atoms with Crippen molar-refractivity contribution >= 4 is 60.8 Å². The zero-order valence-corrected chi connectivity index (χ0v) is 21.0. The predicted octanol–water partition coefficient (Wildman–Crippen LogP) is 8.71. The zero-order valence-electron chi connectivity index (χ0n) is 21.0. The van der Waals surface area contributed by atoms with E-state index in [4.69, 9.17) is 4.42 Å². The molecule has 4 nitrogen and oxygen atoms in total. The highest BCUT2D eigenvalue weighted by molar-refractivity contribution is 6.29. The molecule has 4 heteroatoms. The second-order valence-electron chi connectivity index (χ2n) is 10.2. The summed E-state index contributed by atoms with van der Waals surface area (Å²) in [5, 5.41) is 4.85. The maximum absolute atomic E-state index is 6.29. The second-order valence-corrected chi connectivity index (χ2v) is 10.2. The largest absolute Gasteiger partial charge is 0.456 e. The average molecular weight is 501 g/mol. The molecule has 0 saturated heterocycles. The normalized spacial score (nSPS) is 16.2. The van der Waals surface area contributed by atoms with Crippen LogP contribution in [0, 0.1) is 0 Å². The monoisotopic (exact) mass is 500 g/mol. The van der Waals surface area contributed by atoms with E-state index in [2.05, 4.69) is 117 Å². The number of pyridine rings is 1. The van der Waals surface area contributed by atoms with Crippen molar-refractivity contribution in [1.29, 1.82) is 0 Å². The van der Waals surface area contributed by atoms with Gasteiger partial charge in [-0.15, -0.1) is 0 Å². The van der Waals surface area contributed by atoms with Gasteiger partial charge in [-0.25, -0.2) is 0 Å². The number of furan rings is 1. The summed E-state index contributed by atoms with van der Waals surface area (Å²) in [7, 11) is 0. The summed E-state index contributed by atoms with van der Waals surface area (Å²) >= 11 is 0. The lowest BCUT2D eigenvalue weighted by Crippen LogP contribution is -2.30. The molecule has 1 aliphatic heterocycles. The molecule has 0 radical (unpaired) electrons. The van der Waals surface area contributed by atoms with Crippen LogP contribution >= 0.6 is 0 Å². The van der Waals surface area contributed by atoms with Crippen LogP contribution < -0.4 is 4.58 Å². The van der Waals surface area contributed by atoms with Crippen LogP contribution in [0.25, 0.3) is 54.9 Å². The van der Waals surface area contributed by atoms with Crippen LogP contribution in [-0.2, 0) is 0 Å². The van der Waals surface area contributed by atoms with E-state index < -0.39 is 0 Å². The first-order chi connectivity index (χ1) is 19.4. The Morgan fingerprint density at radius 1 is 0.718 bits per heavy atom. The number of para-hydroxylation sites is 2. The van der Waals surface area contributed by atoms with Gasteiger partial charge in [0.1, 0.15) is 22.7 Å². The summed E-state index contributed by atoms with van der Waals surface area (Å²) in [6.07, 6.45) is 12.6. The molecule has 1 unspecified atom stereocenters. The molecule has 0 saturated carbocycles. The molecule has 3 aromatic heterocycles. The van der Waals surface area contributed by atoms with E-state index in [1.54, 1.807) is 0 Å². The molecule has 0 spiro atoms. The Labute approximate surface area is 224 Å². The summed E-state index contributed by atoms with van der Waals surface area (Å²) in [6.45, 7) is 0. The molecule has 4 aromatic carbocycles. The predicted molar refractivity (Wildman–Crippen MR) is 160 cm³/mol. The lowest BCUT2D eigenvalue weighted by atomic mass is 10.0. The molecule has 1 aliphatic carbocycles. The fourth-order valence-electron chi connectivity index (χ4n) is 6.56. The maximum atomic E-state index is 6.29. The van der Waals surface area contributed by atoms with Gasteiger partial charge in [0.05, 0.1) is 5.52 Å². The first-order valence-electron chi connectivity index (χ1n) is 13.3. The highest BCUT2D eigenvalue weighted by Crippen LogP contribution is 2.46. The van der Waals surface area contributed by atoms with Crippen LogP contribution in [0.3, 0.4) is 0 Å². The Kier molecular flexibility index (Phi) is 4.08. The number of hydrogen-bond acceptors (Lipinski definition) is 2. The molecule has 39 heavy (non-hydrogen) atoms. The first-order valence-corrected chi connectivity index (χ1v) is 13.3. The third-order valence-corrected chi connectivity index (χ3v) is 8.18. The van der Waals surface area contributed by atoms with E-state index in [9.17, 15) is 0 Å². The van der Waals surface area contributed by atoms with Crippen molar-refractivity contribution in [2.75, 3.05) is 0 Å². The van der Waals surface area contributed by atoms with Gasteiger partial charge >= 0.3 is 0 Å². The Bertz CT molecular complexity index is 2210. The summed E-state index contributed by atoms with van der Waals surface area (Å²) in [6, 6.07) is 32.4. The molecule has 9 rings (SSSR count). The Balaban J connectivity index is 1.36. The van der Waals surface area contributed by atoms with Crippen molar-refractivity contribution in [3.63, 3.8) is 0 Å². The van der Waals surface area contributed by atoms with Gasteiger partial charge in [-0.05, 0) is 47.5 Å². The fourth-order valence-corrected chi connectivity index (χ4v) is 6.56. The highest BCUT2D eigenvalue weighted by atomic mass is 16.3. The maximum Gasteiger partial charge on any atom is 0.235 e. The Morgan fingerprint density at radius 3 is 2.51 bits per heavy atom. The van der Waals surface area contributed by atoms with Crippen LogP contribution in [0.15, 0.2) is 132 Å². The van der Waals surface area contributed by atoms with Crippen LogP contribution in [0.1, 0.15) is 6.04 Å². The van der Waals surface area contributed by atoms with Crippen molar-refractivity contribution in [2.45, 2.75) is 6.04 Å². The van der Waals surface area contributed by atoms with E-state index in [0.29, 0.717) is 0 Å². The van der Waals surface area contributed by atoms with E-state index in [1.165, 1.54) is 38.6 Å². The highest BCUT2D eigenvalue weighted by Gasteiger charge is 2.37. The van der Waals surface area contributed by atoms with Crippen molar-refractivity contribution in [3.05, 3.63) is 128 Å². The van der Waals surface area contributed by atoms with Crippen LogP contribution in [-0.4, -0.2) is 15.3 Å².